The number of likely N-dealkylation sites (tertiary alicyclic amines) is 1. The van der Waals surface area contributed by atoms with E-state index in [1.54, 1.807) is 7.05 Å². The summed E-state index contributed by atoms with van der Waals surface area (Å²) in [5, 5.41) is 6.28. The van der Waals surface area contributed by atoms with Gasteiger partial charge in [0.05, 0.1) is 0 Å². The van der Waals surface area contributed by atoms with Crippen molar-refractivity contribution < 1.29 is 4.79 Å². The monoisotopic (exact) mass is 225 g/mol. The molecule has 92 valence electrons. The lowest BCUT2D eigenvalue weighted by Gasteiger charge is -2.32. The molecule has 4 heteroatoms. The molecule has 0 spiro atoms. The van der Waals surface area contributed by atoms with Crippen molar-refractivity contribution in [3.05, 3.63) is 0 Å². The number of rotatable bonds is 3. The quantitative estimate of drug-likeness (QED) is 0.721. The molecular formula is C12H23N3O. The second-order valence-electron chi connectivity index (χ2n) is 4.98. The maximum absolute atomic E-state index is 11.5. The summed E-state index contributed by atoms with van der Waals surface area (Å²) in [5.41, 5.74) is 0. The molecule has 2 aliphatic rings. The van der Waals surface area contributed by atoms with Crippen molar-refractivity contribution in [3.63, 3.8) is 0 Å². The van der Waals surface area contributed by atoms with Gasteiger partial charge < -0.3 is 15.5 Å². The van der Waals surface area contributed by atoms with Crippen molar-refractivity contribution in [3.8, 4) is 0 Å². The maximum atomic E-state index is 11.5. The Morgan fingerprint density at radius 2 is 2.12 bits per heavy atom. The Kier molecular flexibility index (Phi) is 4.18. The fraction of sp³-hybridized carbons (Fsp3) is 0.917. The first-order valence-corrected chi connectivity index (χ1v) is 6.47. The van der Waals surface area contributed by atoms with Gasteiger partial charge in [-0.3, -0.25) is 4.79 Å². The number of nitrogens with zero attached hydrogens (tertiary/aromatic N) is 1. The van der Waals surface area contributed by atoms with Gasteiger partial charge in [0, 0.05) is 25.6 Å². The number of hydrogen-bond acceptors (Lipinski definition) is 3. The highest BCUT2D eigenvalue weighted by Gasteiger charge is 2.26. The molecule has 0 aromatic heterocycles. The Balaban J connectivity index is 1.70. The topological polar surface area (TPSA) is 44.4 Å². The molecule has 0 aromatic carbocycles. The Morgan fingerprint density at radius 3 is 2.69 bits per heavy atom. The SMILES string of the molecule is CNC(=O)C1CCN(CC2CCCN2)CC1. The molecule has 16 heavy (non-hydrogen) atoms. The van der Waals surface area contributed by atoms with Crippen LogP contribution in [0.1, 0.15) is 25.7 Å². The van der Waals surface area contributed by atoms with E-state index >= 15 is 0 Å². The zero-order chi connectivity index (χ0) is 11.4. The van der Waals surface area contributed by atoms with E-state index in [0.717, 1.165) is 25.9 Å². The fourth-order valence-electron chi connectivity index (χ4n) is 2.81. The molecule has 2 aliphatic heterocycles. The molecule has 0 aromatic rings. The molecule has 2 N–H and O–H groups in total. The highest BCUT2D eigenvalue weighted by molar-refractivity contribution is 5.78. The number of piperidine rings is 1. The summed E-state index contributed by atoms with van der Waals surface area (Å²) in [6.07, 6.45) is 4.67. The van der Waals surface area contributed by atoms with Gasteiger partial charge >= 0.3 is 0 Å². The molecule has 0 radical (unpaired) electrons. The summed E-state index contributed by atoms with van der Waals surface area (Å²) >= 11 is 0. The molecule has 2 saturated heterocycles. The highest BCUT2D eigenvalue weighted by atomic mass is 16.1. The van der Waals surface area contributed by atoms with E-state index in [2.05, 4.69) is 15.5 Å². The van der Waals surface area contributed by atoms with Gasteiger partial charge in [-0.05, 0) is 45.3 Å². The largest absolute Gasteiger partial charge is 0.359 e. The van der Waals surface area contributed by atoms with Crippen LogP contribution in [0.15, 0.2) is 0 Å². The highest BCUT2D eigenvalue weighted by Crippen LogP contribution is 2.18. The lowest BCUT2D eigenvalue weighted by atomic mass is 9.95. The van der Waals surface area contributed by atoms with Crippen molar-refractivity contribution in [1.29, 1.82) is 0 Å². The van der Waals surface area contributed by atoms with Crippen LogP contribution < -0.4 is 10.6 Å². The second-order valence-corrected chi connectivity index (χ2v) is 4.98. The summed E-state index contributed by atoms with van der Waals surface area (Å²) < 4.78 is 0. The van der Waals surface area contributed by atoms with Crippen LogP contribution >= 0.6 is 0 Å². The number of amides is 1. The van der Waals surface area contributed by atoms with Gasteiger partial charge in [0.25, 0.3) is 0 Å². The minimum atomic E-state index is 0.221. The molecule has 1 amide bonds. The third-order valence-electron chi connectivity index (χ3n) is 3.85. The predicted molar refractivity (Wildman–Crippen MR) is 64.3 cm³/mol. The number of carbonyl (C=O) groups excluding carboxylic acids is 1. The predicted octanol–water partition coefficient (Wildman–Crippen LogP) is 0.196. The molecule has 1 unspecified atom stereocenters. The van der Waals surface area contributed by atoms with E-state index in [1.807, 2.05) is 0 Å². The lowest BCUT2D eigenvalue weighted by Crippen LogP contribution is -2.44. The Morgan fingerprint density at radius 1 is 1.38 bits per heavy atom. The van der Waals surface area contributed by atoms with E-state index in [4.69, 9.17) is 0 Å². The summed E-state index contributed by atoms with van der Waals surface area (Å²) in [5.74, 6) is 0.469. The van der Waals surface area contributed by atoms with Gasteiger partial charge in [-0.1, -0.05) is 0 Å². The first-order chi connectivity index (χ1) is 7.79. The summed E-state index contributed by atoms with van der Waals surface area (Å²) in [4.78, 5) is 14.0. The van der Waals surface area contributed by atoms with Crippen LogP contribution in [-0.4, -0.2) is 50.1 Å². The zero-order valence-electron chi connectivity index (χ0n) is 10.2. The standard InChI is InChI=1S/C12H23N3O/c1-13-12(16)10-4-7-15(8-5-10)9-11-3-2-6-14-11/h10-11,14H,2-9H2,1H3,(H,13,16). The third kappa shape index (κ3) is 2.95. The molecule has 0 aliphatic carbocycles. The second kappa shape index (κ2) is 5.64. The van der Waals surface area contributed by atoms with Crippen molar-refractivity contribution >= 4 is 5.91 Å². The summed E-state index contributed by atoms with van der Waals surface area (Å²) in [6, 6.07) is 0.691. The van der Waals surface area contributed by atoms with Crippen molar-refractivity contribution in [1.82, 2.24) is 15.5 Å². The van der Waals surface area contributed by atoms with E-state index in [1.165, 1.54) is 25.9 Å². The van der Waals surface area contributed by atoms with Gasteiger partial charge in [-0.2, -0.15) is 0 Å². The van der Waals surface area contributed by atoms with Gasteiger partial charge in [0.1, 0.15) is 0 Å². The minimum Gasteiger partial charge on any atom is -0.359 e. The summed E-state index contributed by atoms with van der Waals surface area (Å²) in [7, 11) is 1.73. The van der Waals surface area contributed by atoms with Crippen LogP contribution in [0.2, 0.25) is 0 Å². The van der Waals surface area contributed by atoms with E-state index in [9.17, 15) is 4.79 Å². The third-order valence-corrected chi connectivity index (χ3v) is 3.85. The lowest BCUT2D eigenvalue weighted by molar-refractivity contribution is -0.125. The zero-order valence-corrected chi connectivity index (χ0v) is 10.2. The average Bonchev–Trinajstić information content (AvgIpc) is 2.82. The summed E-state index contributed by atoms with van der Waals surface area (Å²) in [6.45, 7) is 4.51. The van der Waals surface area contributed by atoms with Crippen molar-refractivity contribution in [2.24, 2.45) is 5.92 Å². The molecule has 2 heterocycles. The van der Waals surface area contributed by atoms with E-state index < -0.39 is 0 Å². The molecule has 0 saturated carbocycles. The molecular weight excluding hydrogens is 202 g/mol. The smallest absolute Gasteiger partial charge is 0.222 e. The first kappa shape index (κ1) is 11.9. The van der Waals surface area contributed by atoms with Gasteiger partial charge in [0.15, 0.2) is 0 Å². The van der Waals surface area contributed by atoms with Crippen LogP contribution in [0.3, 0.4) is 0 Å². The molecule has 2 fully saturated rings. The van der Waals surface area contributed by atoms with Crippen LogP contribution in [0.5, 0.6) is 0 Å². The van der Waals surface area contributed by atoms with E-state index in [-0.39, 0.29) is 11.8 Å². The van der Waals surface area contributed by atoms with Crippen molar-refractivity contribution in [2.45, 2.75) is 31.7 Å². The van der Waals surface area contributed by atoms with Crippen LogP contribution in [-0.2, 0) is 4.79 Å². The van der Waals surface area contributed by atoms with Gasteiger partial charge in [-0.15, -0.1) is 0 Å². The van der Waals surface area contributed by atoms with Gasteiger partial charge in [-0.25, -0.2) is 0 Å². The van der Waals surface area contributed by atoms with Crippen molar-refractivity contribution in [2.75, 3.05) is 33.2 Å². The van der Waals surface area contributed by atoms with Crippen LogP contribution in [0.4, 0.5) is 0 Å². The Labute approximate surface area is 97.8 Å². The van der Waals surface area contributed by atoms with Gasteiger partial charge in [0.2, 0.25) is 5.91 Å². The minimum absolute atomic E-state index is 0.221. The maximum Gasteiger partial charge on any atom is 0.222 e. The normalized spacial score (nSPS) is 28.2. The molecule has 0 bridgehead atoms. The van der Waals surface area contributed by atoms with Crippen LogP contribution in [0, 0.1) is 5.92 Å². The average molecular weight is 225 g/mol. The Bertz CT molecular complexity index is 230. The molecule has 4 nitrogen and oxygen atoms in total. The molecule has 1 atom stereocenters. The fourth-order valence-corrected chi connectivity index (χ4v) is 2.81. The van der Waals surface area contributed by atoms with Crippen LogP contribution in [0.25, 0.3) is 0 Å². The molecule has 2 rings (SSSR count). The number of carbonyl (C=O) groups is 1. The Hall–Kier alpha value is -0.610. The van der Waals surface area contributed by atoms with E-state index in [0.29, 0.717) is 6.04 Å². The number of nitrogens with one attached hydrogen (secondary N) is 2. The number of hydrogen-bond donors (Lipinski definition) is 2. The first-order valence-electron chi connectivity index (χ1n) is 6.47.